The standard InChI is InChI=1S/C33H66O14/c1-3-4-5-6-7-8-9-36-10-11-37-12-13-38-14-15-39-16-17-40-18-19-41-20-21-42-22-23-43-24-25-44-26-27-45-28-29-46-30-31-47-32-33(34)35-2/h3-32H2,1-2H3. The van der Waals surface area contributed by atoms with Gasteiger partial charge in [-0.3, -0.25) is 0 Å². The Labute approximate surface area is 283 Å². The van der Waals surface area contributed by atoms with Crippen LogP contribution in [0.3, 0.4) is 0 Å². The van der Waals surface area contributed by atoms with Crippen LogP contribution in [0.2, 0.25) is 0 Å². The molecule has 0 fully saturated rings. The van der Waals surface area contributed by atoms with Gasteiger partial charge in [-0.2, -0.15) is 0 Å². The SMILES string of the molecule is CCCCCCCCOCCOCCOCCOCCOCCOCCOCCOCCOCCOCCOCCOCC(=O)OC. The highest BCUT2D eigenvalue weighted by Gasteiger charge is 1.99. The Morgan fingerprint density at radius 2 is 0.553 bits per heavy atom. The van der Waals surface area contributed by atoms with Crippen molar-refractivity contribution in [2.45, 2.75) is 45.4 Å². The molecule has 14 heteroatoms. The van der Waals surface area contributed by atoms with Gasteiger partial charge in [0.2, 0.25) is 0 Å². The van der Waals surface area contributed by atoms with Crippen LogP contribution >= 0.6 is 0 Å². The van der Waals surface area contributed by atoms with Crippen LogP contribution in [0.25, 0.3) is 0 Å². The number of rotatable bonds is 42. The molecule has 0 aliphatic rings. The summed E-state index contributed by atoms with van der Waals surface area (Å²) in [7, 11) is 1.32. The monoisotopic (exact) mass is 686 g/mol. The van der Waals surface area contributed by atoms with Gasteiger partial charge in [0, 0.05) is 6.61 Å². The van der Waals surface area contributed by atoms with Crippen LogP contribution in [0.4, 0.5) is 0 Å². The topological polar surface area (TPSA) is 137 Å². The minimum atomic E-state index is -0.406. The van der Waals surface area contributed by atoms with Crippen molar-refractivity contribution in [1.82, 2.24) is 0 Å². The lowest BCUT2D eigenvalue weighted by atomic mass is 10.1. The average Bonchev–Trinajstić information content (AvgIpc) is 3.08. The van der Waals surface area contributed by atoms with Crippen molar-refractivity contribution in [1.29, 1.82) is 0 Å². The molecule has 0 heterocycles. The van der Waals surface area contributed by atoms with Crippen LogP contribution in [-0.2, 0) is 66.4 Å². The van der Waals surface area contributed by atoms with E-state index in [-0.39, 0.29) is 6.61 Å². The van der Waals surface area contributed by atoms with E-state index in [9.17, 15) is 4.79 Å². The summed E-state index contributed by atoms with van der Waals surface area (Å²) in [6.45, 7) is 14.1. The third-order valence-corrected chi connectivity index (χ3v) is 6.18. The van der Waals surface area contributed by atoms with Gasteiger partial charge in [-0.15, -0.1) is 0 Å². The lowest BCUT2D eigenvalue weighted by Gasteiger charge is -2.09. The van der Waals surface area contributed by atoms with Crippen molar-refractivity contribution in [3.63, 3.8) is 0 Å². The molecule has 0 saturated carbocycles. The molecule has 0 unspecified atom stereocenters. The predicted octanol–water partition coefficient (Wildman–Crippen LogP) is 2.72. The van der Waals surface area contributed by atoms with E-state index in [0.29, 0.717) is 145 Å². The van der Waals surface area contributed by atoms with Gasteiger partial charge >= 0.3 is 5.97 Å². The van der Waals surface area contributed by atoms with Gasteiger partial charge in [-0.1, -0.05) is 39.0 Å². The summed E-state index contributed by atoms with van der Waals surface area (Å²) < 4.78 is 69.7. The van der Waals surface area contributed by atoms with Crippen molar-refractivity contribution < 1.29 is 66.4 Å². The van der Waals surface area contributed by atoms with Crippen molar-refractivity contribution in [3.8, 4) is 0 Å². The highest BCUT2D eigenvalue weighted by atomic mass is 16.6. The molecule has 0 N–H and O–H groups in total. The van der Waals surface area contributed by atoms with Gasteiger partial charge in [-0.05, 0) is 6.42 Å². The largest absolute Gasteiger partial charge is 0.467 e. The Kier molecular flexibility index (Phi) is 42.1. The number of ether oxygens (including phenoxy) is 13. The van der Waals surface area contributed by atoms with Gasteiger partial charge in [0.05, 0.1) is 152 Å². The number of hydrogen-bond donors (Lipinski definition) is 0. The second-order valence-corrected chi connectivity index (χ2v) is 10.1. The first kappa shape index (κ1) is 46.0. The second-order valence-electron chi connectivity index (χ2n) is 10.1. The average molecular weight is 687 g/mol. The number of esters is 1. The van der Waals surface area contributed by atoms with Crippen molar-refractivity contribution in [3.05, 3.63) is 0 Å². The Bertz CT molecular complexity index is 588. The molecule has 0 aromatic heterocycles. The van der Waals surface area contributed by atoms with E-state index in [1.165, 1.54) is 39.2 Å². The molecule has 0 aromatic carbocycles. The number of hydrogen-bond acceptors (Lipinski definition) is 14. The quantitative estimate of drug-likeness (QED) is 0.0687. The molecule has 0 amide bonds. The maximum Gasteiger partial charge on any atom is 0.331 e. The van der Waals surface area contributed by atoms with Crippen LogP contribution in [0, 0.1) is 0 Å². The molecular weight excluding hydrogens is 620 g/mol. The summed E-state index contributed by atoms with van der Waals surface area (Å²) in [6.07, 6.45) is 7.66. The summed E-state index contributed by atoms with van der Waals surface area (Å²) >= 11 is 0. The third-order valence-electron chi connectivity index (χ3n) is 6.18. The van der Waals surface area contributed by atoms with Gasteiger partial charge in [0.15, 0.2) is 0 Å². The Morgan fingerprint density at radius 3 is 0.830 bits per heavy atom. The molecule has 0 aliphatic carbocycles. The number of methoxy groups -OCH3 is 1. The van der Waals surface area contributed by atoms with Crippen LogP contribution < -0.4 is 0 Å². The van der Waals surface area contributed by atoms with Crippen molar-refractivity contribution in [2.24, 2.45) is 0 Å². The fourth-order valence-electron chi connectivity index (χ4n) is 3.62. The molecular formula is C33H66O14. The summed E-state index contributed by atoms with van der Waals surface area (Å²) in [5.74, 6) is -0.406. The van der Waals surface area contributed by atoms with Crippen molar-refractivity contribution >= 4 is 5.97 Å². The van der Waals surface area contributed by atoms with E-state index in [2.05, 4.69) is 11.7 Å². The second kappa shape index (κ2) is 43.0. The zero-order valence-corrected chi connectivity index (χ0v) is 29.4. The van der Waals surface area contributed by atoms with Gasteiger partial charge < -0.3 is 61.6 Å². The Morgan fingerprint density at radius 1 is 0.319 bits per heavy atom. The van der Waals surface area contributed by atoms with Crippen LogP contribution in [-0.4, -0.2) is 172 Å². The first-order chi connectivity index (χ1) is 23.3. The highest BCUT2D eigenvalue weighted by molar-refractivity contribution is 5.70. The molecule has 0 rings (SSSR count). The fraction of sp³-hybridized carbons (Fsp3) is 0.970. The predicted molar refractivity (Wildman–Crippen MR) is 175 cm³/mol. The molecule has 0 saturated heterocycles. The van der Waals surface area contributed by atoms with Crippen molar-refractivity contribution in [2.75, 3.05) is 166 Å². The molecule has 0 aromatic rings. The molecule has 0 spiro atoms. The van der Waals surface area contributed by atoms with E-state index in [0.717, 1.165) is 13.0 Å². The van der Waals surface area contributed by atoms with E-state index in [4.69, 9.17) is 56.8 Å². The Hall–Kier alpha value is -1.01. The van der Waals surface area contributed by atoms with E-state index in [1.807, 2.05) is 0 Å². The summed E-state index contributed by atoms with van der Waals surface area (Å²) in [5, 5.41) is 0. The first-order valence-corrected chi connectivity index (χ1v) is 17.3. The van der Waals surface area contributed by atoms with Gasteiger partial charge in [0.1, 0.15) is 6.61 Å². The van der Waals surface area contributed by atoms with Gasteiger partial charge in [-0.25, -0.2) is 4.79 Å². The third kappa shape index (κ3) is 43.0. The summed E-state index contributed by atoms with van der Waals surface area (Å²) in [4.78, 5) is 10.9. The lowest BCUT2D eigenvalue weighted by Crippen LogP contribution is -2.16. The maximum absolute atomic E-state index is 10.9. The molecule has 14 nitrogen and oxygen atoms in total. The minimum absolute atomic E-state index is 0.0691. The normalized spacial score (nSPS) is 11.4. The number of carbonyl (C=O) groups is 1. The lowest BCUT2D eigenvalue weighted by molar-refractivity contribution is -0.146. The molecule has 0 aliphatic heterocycles. The van der Waals surface area contributed by atoms with Crippen LogP contribution in [0.1, 0.15) is 45.4 Å². The van der Waals surface area contributed by atoms with E-state index < -0.39 is 5.97 Å². The number of unbranched alkanes of at least 4 members (excludes halogenated alkanes) is 5. The smallest absolute Gasteiger partial charge is 0.331 e. The maximum atomic E-state index is 10.9. The molecule has 282 valence electrons. The highest BCUT2D eigenvalue weighted by Crippen LogP contribution is 2.04. The molecule has 0 atom stereocenters. The van der Waals surface area contributed by atoms with E-state index >= 15 is 0 Å². The number of carbonyl (C=O) groups excluding carboxylic acids is 1. The van der Waals surface area contributed by atoms with Crippen LogP contribution in [0.15, 0.2) is 0 Å². The Balaban J connectivity index is 3.05. The minimum Gasteiger partial charge on any atom is -0.467 e. The first-order valence-electron chi connectivity index (χ1n) is 17.3. The van der Waals surface area contributed by atoms with E-state index in [1.54, 1.807) is 0 Å². The van der Waals surface area contributed by atoms with Crippen LogP contribution in [0.5, 0.6) is 0 Å². The van der Waals surface area contributed by atoms with Gasteiger partial charge in [0.25, 0.3) is 0 Å². The zero-order chi connectivity index (χ0) is 34.0. The zero-order valence-electron chi connectivity index (χ0n) is 29.4. The summed E-state index contributed by atoms with van der Waals surface area (Å²) in [6, 6.07) is 0. The molecule has 0 bridgehead atoms. The summed E-state index contributed by atoms with van der Waals surface area (Å²) in [5.41, 5.74) is 0. The molecule has 47 heavy (non-hydrogen) atoms. The fourth-order valence-corrected chi connectivity index (χ4v) is 3.62. The molecule has 0 radical (unpaired) electrons.